The van der Waals surface area contributed by atoms with Gasteiger partial charge in [-0.15, -0.1) is 0 Å². The Kier molecular flexibility index (Phi) is 1.99. The molecule has 0 fully saturated rings. The number of benzene rings is 1. The predicted octanol–water partition coefficient (Wildman–Crippen LogP) is 2.71. The molecular formula is C13H15N3. The highest BCUT2D eigenvalue weighted by Gasteiger charge is 2.20. The maximum absolute atomic E-state index is 4.45. The number of aromatic amines is 1. The van der Waals surface area contributed by atoms with E-state index in [1.807, 2.05) is 0 Å². The van der Waals surface area contributed by atoms with Crippen molar-refractivity contribution in [2.45, 2.75) is 13.8 Å². The molecule has 0 bridgehead atoms. The number of hydrogen-bond acceptors (Lipinski definition) is 2. The summed E-state index contributed by atoms with van der Waals surface area (Å²) in [5, 5.41) is 1.29. The summed E-state index contributed by atoms with van der Waals surface area (Å²) in [6.07, 6.45) is 0. The topological polar surface area (TPSA) is 31.4 Å². The van der Waals surface area contributed by atoms with E-state index in [0.717, 1.165) is 18.9 Å². The van der Waals surface area contributed by atoms with E-state index in [9.17, 15) is 0 Å². The molecule has 1 aliphatic rings. The molecule has 16 heavy (non-hydrogen) atoms. The van der Waals surface area contributed by atoms with Gasteiger partial charge in [0.2, 0.25) is 0 Å². The number of aryl methyl sites for hydroxylation is 1. The number of para-hydroxylation sites is 1. The zero-order valence-corrected chi connectivity index (χ0v) is 9.62. The predicted molar refractivity (Wildman–Crippen MR) is 68.4 cm³/mol. The molecule has 0 amide bonds. The van der Waals surface area contributed by atoms with E-state index in [2.05, 4.69) is 53.0 Å². The van der Waals surface area contributed by atoms with Gasteiger partial charge in [-0.1, -0.05) is 18.2 Å². The summed E-state index contributed by atoms with van der Waals surface area (Å²) in [6.45, 7) is 6.11. The van der Waals surface area contributed by atoms with Gasteiger partial charge in [-0.25, -0.2) is 0 Å². The van der Waals surface area contributed by atoms with Crippen LogP contribution in [0, 0.1) is 6.92 Å². The number of aliphatic imine (C=N–C) groups is 1. The van der Waals surface area contributed by atoms with Crippen molar-refractivity contribution in [3.05, 3.63) is 30.0 Å². The summed E-state index contributed by atoms with van der Waals surface area (Å²) in [7, 11) is 0. The van der Waals surface area contributed by atoms with Crippen LogP contribution in [0.5, 0.6) is 0 Å². The van der Waals surface area contributed by atoms with E-state index in [-0.39, 0.29) is 0 Å². The summed E-state index contributed by atoms with van der Waals surface area (Å²) in [5.74, 6) is 1.12. The fraction of sp³-hybridized carbons (Fsp3) is 0.308. The van der Waals surface area contributed by atoms with E-state index < -0.39 is 0 Å². The molecule has 1 aliphatic heterocycles. The summed E-state index contributed by atoms with van der Waals surface area (Å²) < 4.78 is 0. The first-order chi connectivity index (χ1) is 7.77. The molecule has 3 heteroatoms. The molecule has 0 atom stereocenters. The maximum Gasteiger partial charge on any atom is 0.100 e. The van der Waals surface area contributed by atoms with Gasteiger partial charge in [-0.2, -0.15) is 0 Å². The van der Waals surface area contributed by atoms with Gasteiger partial charge in [0.25, 0.3) is 0 Å². The van der Waals surface area contributed by atoms with Crippen molar-refractivity contribution in [2.75, 3.05) is 18.0 Å². The number of fused-ring (bicyclic) bond motifs is 1. The van der Waals surface area contributed by atoms with Crippen LogP contribution in [-0.2, 0) is 0 Å². The van der Waals surface area contributed by atoms with Gasteiger partial charge >= 0.3 is 0 Å². The number of anilines is 1. The summed E-state index contributed by atoms with van der Waals surface area (Å²) in [5.41, 5.74) is 3.71. The van der Waals surface area contributed by atoms with Gasteiger partial charge in [0.05, 0.1) is 12.2 Å². The molecule has 0 radical (unpaired) electrons. The number of rotatable bonds is 1. The van der Waals surface area contributed by atoms with Crippen LogP contribution >= 0.6 is 0 Å². The maximum atomic E-state index is 4.45. The highest BCUT2D eigenvalue weighted by molar-refractivity contribution is 6.06. The smallest absolute Gasteiger partial charge is 0.100 e. The Morgan fingerprint density at radius 3 is 2.81 bits per heavy atom. The molecule has 3 rings (SSSR count). The molecule has 0 saturated heterocycles. The van der Waals surface area contributed by atoms with Crippen LogP contribution in [0.15, 0.2) is 29.3 Å². The Bertz CT molecular complexity index is 566. The minimum absolute atomic E-state index is 0.908. The lowest BCUT2D eigenvalue weighted by atomic mass is 10.2. The van der Waals surface area contributed by atoms with Crippen molar-refractivity contribution in [3.63, 3.8) is 0 Å². The Hall–Kier alpha value is -1.77. The zero-order chi connectivity index (χ0) is 11.1. The van der Waals surface area contributed by atoms with Crippen molar-refractivity contribution in [3.8, 4) is 0 Å². The van der Waals surface area contributed by atoms with E-state index >= 15 is 0 Å². The van der Waals surface area contributed by atoms with E-state index in [1.165, 1.54) is 22.3 Å². The lowest BCUT2D eigenvalue weighted by Gasteiger charge is -2.18. The fourth-order valence-electron chi connectivity index (χ4n) is 2.44. The largest absolute Gasteiger partial charge is 0.357 e. The molecule has 2 heterocycles. The third kappa shape index (κ3) is 1.24. The summed E-state index contributed by atoms with van der Waals surface area (Å²) in [6, 6.07) is 8.43. The van der Waals surface area contributed by atoms with Gasteiger partial charge in [0.15, 0.2) is 0 Å². The lowest BCUT2D eigenvalue weighted by molar-refractivity contribution is 1.02. The lowest BCUT2D eigenvalue weighted by Crippen LogP contribution is -2.25. The first-order valence-electron chi connectivity index (χ1n) is 5.63. The number of nitrogens with one attached hydrogen (secondary N) is 1. The average Bonchev–Trinajstić information content (AvgIpc) is 2.81. The minimum atomic E-state index is 0.908. The molecule has 1 aromatic heterocycles. The monoisotopic (exact) mass is 213 g/mol. The van der Waals surface area contributed by atoms with Gasteiger partial charge < -0.3 is 9.88 Å². The Labute approximate surface area is 94.8 Å². The minimum Gasteiger partial charge on any atom is -0.357 e. The van der Waals surface area contributed by atoms with Crippen molar-refractivity contribution >= 4 is 22.4 Å². The first kappa shape index (κ1) is 9.46. The van der Waals surface area contributed by atoms with Crippen molar-refractivity contribution < 1.29 is 0 Å². The number of nitrogens with zero attached hydrogens (tertiary/aromatic N) is 2. The van der Waals surface area contributed by atoms with E-state index in [1.54, 1.807) is 0 Å². The Morgan fingerprint density at radius 2 is 2.06 bits per heavy atom. The molecule has 1 aromatic carbocycles. The number of aromatic nitrogens is 1. The molecule has 3 nitrogen and oxygen atoms in total. The van der Waals surface area contributed by atoms with Crippen LogP contribution in [0.4, 0.5) is 5.69 Å². The number of hydrogen-bond donors (Lipinski definition) is 1. The van der Waals surface area contributed by atoms with Gasteiger partial charge in [0, 0.05) is 23.1 Å². The average molecular weight is 213 g/mol. The molecule has 0 saturated carbocycles. The SMILES string of the molecule is CC1=NCCN1c1c(C)[nH]c2ccccc12. The standard InChI is InChI=1S/C13H15N3/c1-9-13(16-8-7-14-10(16)2)11-5-3-4-6-12(11)15-9/h3-6,15H,7-8H2,1-2H3. The second-order valence-corrected chi connectivity index (χ2v) is 4.22. The first-order valence-corrected chi connectivity index (χ1v) is 5.63. The number of amidine groups is 1. The van der Waals surface area contributed by atoms with E-state index in [4.69, 9.17) is 0 Å². The highest BCUT2D eigenvalue weighted by atomic mass is 15.2. The van der Waals surface area contributed by atoms with Crippen molar-refractivity contribution in [1.82, 2.24) is 4.98 Å². The molecular weight excluding hydrogens is 198 g/mol. The third-order valence-electron chi connectivity index (χ3n) is 3.18. The molecule has 0 aliphatic carbocycles. The Morgan fingerprint density at radius 1 is 1.25 bits per heavy atom. The van der Waals surface area contributed by atoms with Crippen molar-refractivity contribution in [2.24, 2.45) is 4.99 Å². The fourth-order valence-corrected chi connectivity index (χ4v) is 2.44. The number of H-pyrrole nitrogens is 1. The van der Waals surface area contributed by atoms with Crippen LogP contribution in [0.3, 0.4) is 0 Å². The molecule has 2 aromatic rings. The molecule has 0 spiro atoms. The summed E-state index contributed by atoms with van der Waals surface area (Å²) in [4.78, 5) is 10.2. The van der Waals surface area contributed by atoms with Gasteiger partial charge in [-0.3, -0.25) is 4.99 Å². The molecule has 1 N–H and O–H groups in total. The van der Waals surface area contributed by atoms with Gasteiger partial charge in [-0.05, 0) is 19.9 Å². The third-order valence-corrected chi connectivity index (χ3v) is 3.18. The second-order valence-electron chi connectivity index (χ2n) is 4.22. The van der Waals surface area contributed by atoms with Crippen molar-refractivity contribution in [1.29, 1.82) is 0 Å². The van der Waals surface area contributed by atoms with Crippen LogP contribution < -0.4 is 4.90 Å². The van der Waals surface area contributed by atoms with Crippen LogP contribution in [-0.4, -0.2) is 23.9 Å². The summed E-state index contributed by atoms with van der Waals surface area (Å²) >= 11 is 0. The second kappa shape index (κ2) is 3.37. The van der Waals surface area contributed by atoms with Crippen LogP contribution in [0.2, 0.25) is 0 Å². The molecule has 82 valence electrons. The highest BCUT2D eigenvalue weighted by Crippen LogP contribution is 2.31. The van der Waals surface area contributed by atoms with E-state index in [0.29, 0.717) is 0 Å². The Balaban J connectivity index is 2.22. The van der Waals surface area contributed by atoms with Gasteiger partial charge in [0.1, 0.15) is 5.84 Å². The normalized spacial score (nSPS) is 15.9. The zero-order valence-electron chi connectivity index (χ0n) is 9.62. The van der Waals surface area contributed by atoms with Crippen LogP contribution in [0.1, 0.15) is 12.6 Å². The van der Waals surface area contributed by atoms with Crippen LogP contribution in [0.25, 0.3) is 10.9 Å². The molecule has 0 unspecified atom stereocenters. The quantitative estimate of drug-likeness (QED) is 0.776.